The Bertz CT molecular complexity index is 1050. The molecule has 1 aromatic heterocycles. The van der Waals surface area contributed by atoms with Crippen LogP contribution in [0.4, 0.5) is 11.4 Å². The van der Waals surface area contributed by atoms with Crippen LogP contribution in [0.25, 0.3) is 10.4 Å². The number of carbonyl (C=O) groups is 1. The van der Waals surface area contributed by atoms with E-state index in [-0.39, 0.29) is 5.91 Å². The maximum absolute atomic E-state index is 12.5. The maximum atomic E-state index is 12.5. The predicted octanol–water partition coefficient (Wildman–Crippen LogP) is 4.48. The minimum atomic E-state index is -2.91. The number of nitrogens with two attached hydrogens (primary N) is 1. The molecule has 0 aliphatic rings. The van der Waals surface area contributed by atoms with Crippen molar-refractivity contribution in [3.63, 3.8) is 0 Å². The third kappa shape index (κ3) is 4.60. The van der Waals surface area contributed by atoms with E-state index in [9.17, 15) is 9.36 Å². The molecule has 28 heavy (non-hydrogen) atoms. The highest BCUT2D eigenvalue weighted by Gasteiger charge is 2.24. The number of nitrogens with zero attached hydrogens (tertiary/aromatic N) is 1. The normalized spacial score (nSPS) is 12.1. The number of hydrogen-bond donors (Lipinski definition) is 3. The summed E-state index contributed by atoms with van der Waals surface area (Å²) in [4.78, 5) is 22.4. The lowest BCUT2D eigenvalue weighted by Crippen LogP contribution is -2.13. The Kier molecular flexibility index (Phi) is 6.14. The summed E-state index contributed by atoms with van der Waals surface area (Å²) in [7, 11) is -2.91. The Labute approximate surface area is 166 Å². The average Bonchev–Trinajstić information content (AvgIpc) is 3.22. The van der Waals surface area contributed by atoms with Crippen LogP contribution >= 0.6 is 19.6 Å². The summed E-state index contributed by atoms with van der Waals surface area (Å²) in [5, 5.41) is 13.8. The lowest BCUT2D eigenvalue weighted by Gasteiger charge is -2.10. The molecule has 0 aliphatic carbocycles. The van der Waals surface area contributed by atoms with Gasteiger partial charge in [0.1, 0.15) is 6.07 Å². The first-order chi connectivity index (χ1) is 13.5. The van der Waals surface area contributed by atoms with Crippen molar-refractivity contribution >= 4 is 36.9 Å². The number of anilines is 2. The third-order valence-electron chi connectivity index (χ3n) is 3.90. The molecule has 4 N–H and O–H groups in total. The van der Waals surface area contributed by atoms with Gasteiger partial charge in [-0.05, 0) is 41.3 Å². The predicted molar refractivity (Wildman–Crippen MR) is 108 cm³/mol. The standard InChI is InChI=1S/C19H14N3O4PS/c20-11-17(26-27(24)25)12-3-5-13(6-4-12)19(23)22-16-10-14(7-8-15(16)21)18-2-1-9-28-18/h1-10,17H,21H2,(H-,22,23,24,25)/p+1. The van der Waals surface area contributed by atoms with Crippen molar-refractivity contribution in [3.8, 4) is 16.5 Å². The number of rotatable bonds is 6. The second-order valence-corrected chi connectivity index (χ2v) is 7.34. The molecule has 1 amide bonds. The molecule has 2 unspecified atom stereocenters. The summed E-state index contributed by atoms with van der Waals surface area (Å²) in [5.74, 6) is -0.371. The second kappa shape index (κ2) is 8.74. The van der Waals surface area contributed by atoms with Gasteiger partial charge in [0.15, 0.2) is 0 Å². The van der Waals surface area contributed by atoms with E-state index in [2.05, 4.69) is 9.84 Å². The monoisotopic (exact) mass is 412 g/mol. The van der Waals surface area contributed by atoms with E-state index in [1.807, 2.05) is 29.6 Å². The molecule has 0 fully saturated rings. The Morgan fingerprint density at radius 3 is 2.61 bits per heavy atom. The van der Waals surface area contributed by atoms with E-state index in [1.165, 1.54) is 24.3 Å². The van der Waals surface area contributed by atoms with Gasteiger partial charge in [0.2, 0.25) is 6.10 Å². The smallest absolute Gasteiger partial charge is 0.397 e. The van der Waals surface area contributed by atoms with Crippen LogP contribution in [-0.4, -0.2) is 10.8 Å². The van der Waals surface area contributed by atoms with Crippen molar-refractivity contribution in [3.05, 3.63) is 71.1 Å². The number of amides is 1. The van der Waals surface area contributed by atoms with E-state index >= 15 is 0 Å². The number of thiophene rings is 1. The molecule has 0 aliphatic heterocycles. The zero-order valence-corrected chi connectivity index (χ0v) is 16.1. The summed E-state index contributed by atoms with van der Waals surface area (Å²) < 4.78 is 15.4. The van der Waals surface area contributed by atoms with Gasteiger partial charge in [0, 0.05) is 20.6 Å². The van der Waals surface area contributed by atoms with Crippen LogP contribution < -0.4 is 11.1 Å². The summed E-state index contributed by atoms with van der Waals surface area (Å²) in [5.41, 5.74) is 8.58. The molecule has 0 bridgehead atoms. The highest BCUT2D eigenvalue weighted by Crippen LogP contribution is 2.31. The molecule has 0 spiro atoms. The number of hydrogen-bond acceptors (Lipinski definition) is 6. The Morgan fingerprint density at radius 2 is 2.00 bits per heavy atom. The zero-order valence-electron chi connectivity index (χ0n) is 14.4. The lowest BCUT2D eigenvalue weighted by atomic mass is 10.1. The van der Waals surface area contributed by atoms with E-state index in [0.717, 1.165) is 10.4 Å². The Balaban J connectivity index is 1.77. The van der Waals surface area contributed by atoms with Gasteiger partial charge in [-0.3, -0.25) is 4.79 Å². The highest BCUT2D eigenvalue weighted by molar-refractivity contribution is 7.32. The second-order valence-electron chi connectivity index (χ2n) is 5.71. The van der Waals surface area contributed by atoms with E-state index in [1.54, 1.807) is 23.5 Å². The molecular formula is C19H15N3O4PS+. The van der Waals surface area contributed by atoms with Gasteiger partial charge in [0.05, 0.1) is 11.4 Å². The van der Waals surface area contributed by atoms with Crippen molar-refractivity contribution < 1.29 is 18.8 Å². The first kappa shape index (κ1) is 19.7. The molecule has 9 heteroatoms. The number of nitrogen functional groups attached to an aromatic ring is 1. The molecule has 2 aromatic carbocycles. The summed E-state index contributed by atoms with van der Waals surface area (Å²) in [6, 6.07) is 17.1. The molecule has 3 rings (SSSR count). The maximum Gasteiger partial charge on any atom is 0.696 e. The number of carbonyl (C=O) groups excluding carboxylic acids is 1. The quantitative estimate of drug-likeness (QED) is 0.405. The fourth-order valence-corrected chi connectivity index (χ4v) is 3.59. The summed E-state index contributed by atoms with van der Waals surface area (Å²) in [6.45, 7) is 0. The third-order valence-corrected chi connectivity index (χ3v) is 5.21. The van der Waals surface area contributed by atoms with Crippen LogP contribution in [0, 0.1) is 11.3 Å². The molecule has 0 saturated carbocycles. The van der Waals surface area contributed by atoms with Crippen LogP contribution in [-0.2, 0) is 9.09 Å². The topological polar surface area (TPSA) is 125 Å². The van der Waals surface area contributed by atoms with Crippen molar-refractivity contribution in [2.45, 2.75) is 6.10 Å². The lowest BCUT2D eigenvalue weighted by molar-refractivity contribution is 0.102. The van der Waals surface area contributed by atoms with Gasteiger partial charge in [-0.2, -0.15) is 5.26 Å². The Hall–Kier alpha value is -3.08. The van der Waals surface area contributed by atoms with Gasteiger partial charge in [-0.25, -0.2) is 0 Å². The van der Waals surface area contributed by atoms with Gasteiger partial charge < -0.3 is 11.1 Å². The molecular weight excluding hydrogens is 397 g/mol. The van der Waals surface area contributed by atoms with Crippen LogP contribution in [0.2, 0.25) is 0 Å². The number of benzene rings is 2. The van der Waals surface area contributed by atoms with Gasteiger partial charge in [0.25, 0.3) is 5.91 Å². The fourth-order valence-electron chi connectivity index (χ4n) is 2.51. The van der Waals surface area contributed by atoms with Crippen molar-refractivity contribution in [1.29, 1.82) is 5.26 Å². The minimum Gasteiger partial charge on any atom is -0.397 e. The SMILES string of the molecule is N#CC(O[P+](=O)O)c1ccc(C(=O)Nc2cc(-c3cccs3)ccc2N)cc1. The largest absolute Gasteiger partial charge is 0.696 e. The van der Waals surface area contributed by atoms with Gasteiger partial charge >= 0.3 is 8.25 Å². The number of nitriles is 1. The summed E-state index contributed by atoms with van der Waals surface area (Å²) >= 11 is 1.59. The van der Waals surface area contributed by atoms with E-state index in [0.29, 0.717) is 22.5 Å². The first-order valence-corrected chi connectivity index (χ1v) is 10.1. The highest BCUT2D eigenvalue weighted by atomic mass is 32.1. The van der Waals surface area contributed by atoms with Crippen LogP contribution in [0.5, 0.6) is 0 Å². The van der Waals surface area contributed by atoms with E-state index < -0.39 is 14.4 Å². The number of nitrogens with one attached hydrogen (secondary N) is 1. The molecule has 140 valence electrons. The van der Waals surface area contributed by atoms with Crippen LogP contribution in [0.1, 0.15) is 22.0 Å². The van der Waals surface area contributed by atoms with Crippen molar-refractivity contribution in [2.24, 2.45) is 0 Å². The van der Waals surface area contributed by atoms with Crippen molar-refractivity contribution in [2.75, 3.05) is 11.1 Å². The zero-order chi connectivity index (χ0) is 20.1. The first-order valence-electron chi connectivity index (χ1n) is 8.05. The van der Waals surface area contributed by atoms with E-state index in [4.69, 9.17) is 15.9 Å². The average molecular weight is 412 g/mol. The molecule has 3 aromatic rings. The molecule has 0 radical (unpaired) electrons. The molecule has 0 saturated heterocycles. The molecule has 1 heterocycles. The summed E-state index contributed by atoms with van der Waals surface area (Å²) in [6.07, 6.45) is -1.19. The minimum absolute atomic E-state index is 0.342. The van der Waals surface area contributed by atoms with Crippen LogP contribution in [0.3, 0.4) is 0 Å². The van der Waals surface area contributed by atoms with Crippen LogP contribution in [0.15, 0.2) is 60.0 Å². The van der Waals surface area contributed by atoms with Gasteiger partial charge in [-0.15, -0.1) is 16.2 Å². The van der Waals surface area contributed by atoms with Crippen molar-refractivity contribution in [1.82, 2.24) is 0 Å². The van der Waals surface area contributed by atoms with Gasteiger partial charge in [-0.1, -0.05) is 28.8 Å². The molecule has 2 atom stereocenters. The molecule has 7 nitrogen and oxygen atoms in total. The Morgan fingerprint density at radius 1 is 1.25 bits per heavy atom. The fraction of sp³-hybridized carbons (Fsp3) is 0.0526.